The van der Waals surface area contributed by atoms with Crippen LogP contribution in [0.1, 0.15) is 35.0 Å². The molecule has 0 spiro atoms. The SMILES string of the molecule is CCC(NC(=O)CSc1ccccn1)c1nc(C)c(C)s1. The largest absolute Gasteiger partial charge is 0.346 e. The van der Waals surface area contributed by atoms with E-state index in [9.17, 15) is 4.79 Å². The summed E-state index contributed by atoms with van der Waals surface area (Å²) >= 11 is 3.10. The van der Waals surface area contributed by atoms with Crippen LogP contribution >= 0.6 is 23.1 Å². The normalized spacial score (nSPS) is 12.1. The van der Waals surface area contributed by atoms with E-state index < -0.39 is 0 Å². The fourth-order valence-corrected chi connectivity index (χ4v) is 3.52. The smallest absolute Gasteiger partial charge is 0.230 e. The zero-order chi connectivity index (χ0) is 15.2. The van der Waals surface area contributed by atoms with Gasteiger partial charge in [0.15, 0.2) is 0 Å². The average molecular weight is 321 g/mol. The van der Waals surface area contributed by atoms with Crippen molar-refractivity contribution in [2.45, 2.75) is 38.3 Å². The molecule has 2 aromatic heterocycles. The zero-order valence-electron chi connectivity index (χ0n) is 12.4. The number of carbonyl (C=O) groups is 1. The van der Waals surface area contributed by atoms with E-state index in [2.05, 4.69) is 29.1 Å². The van der Waals surface area contributed by atoms with Crippen LogP contribution in [0.2, 0.25) is 0 Å². The summed E-state index contributed by atoms with van der Waals surface area (Å²) in [6, 6.07) is 5.69. The third kappa shape index (κ3) is 4.54. The number of nitrogens with zero attached hydrogens (tertiary/aromatic N) is 2. The molecule has 0 aliphatic carbocycles. The van der Waals surface area contributed by atoms with E-state index in [4.69, 9.17) is 0 Å². The van der Waals surface area contributed by atoms with Gasteiger partial charge in [-0.25, -0.2) is 9.97 Å². The van der Waals surface area contributed by atoms with Gasteiger partial charge in [-0.3, -0.25) is 4.79 Å². The Bertz CT molecular complexity index is 579. The molecule has 0 fully saturated rings. The lowest BCUT2D eigenvalue weighted by Gasteiger charge is -2.14. The van der Waals surface area contributed by atoms with Crippen LogP contribution in [0.5, 0.6) is 0 Å². The number of carbonyl (C=O) groups excluding carboxylic acids is 1. The molecular formula is C15H19N3OS2. The van der Waals surface area contributed by atoms with Gasteiger partial charge in [0.05, 0.1) is 22.5 Å². The van der Waals surface area contributed by atoms with E-state index in [1.54, 1.807) is 17.5 Å². The lowest BCUT2D eigenvalue weighted by atomic mass is 10.2. The first kappa shape index (κ1) is 16.0. The molecule has 1 N–H and O–H groups in total. The van der Waals surface area contributed by atoms with Gasteiger partial charge in [-0.1, -0.05) is 24.8 Å². The van der Waals surface area contributed by atoms with Crippen molar-refractivity contribution in [2.75, 3.05) is 5.75 Å². The molecule has 4 nitrogen and oxygen atoms in total. The average Bonchev–Trinajstić information content (AvgIpc) is 2.83. The summed E-state index contributed by atoms with van der Waals surface area (Å²) in [6.45, 7) is 6.12. The minimum Gasteiger partial charge on any atom is -0.346 e. The first-order valence-corrected chi connectivity index (χ1v) is 8.67. The van der Waals surface area contributed by atoms with Gasteiger partial charge in [0.25, 0.3) is 0 Å². The Morgan fingerprint density at radius 2 is 2.24 bits per heavy atom. The highest BCUT2D eigenvalue weighted by atomic mass is 32.2. The highest BCUT2D eigenvalue weighted by Gasteiger charge is 2.17. The minimum absolute atomic E-state index is 0.000711. The van der Waals surface area contributed by atoms with Crippen molar-refractivity contribution in [2.24, 2.45) is 0 Å². The first-order valence-electron chi connectivity index (χ1n) is 6.87. The Kier molecular flexibility index (Phi) is 5.76. The second-order valence-corrected chi connectivity index (χ2v) is 6.91. The van der Waals surface area contributed by atoms with Gasteiger partial charge in [-0.15, -0.1) is 11.3 Å². The van der Waals surface area contributed by atoms with Gasteiger partial charge in [0.1, 0.15) is 5.01 Å². The second kappa shape index (κ2) is 7.56. The van der Waals surface area contributed by atoms with E-state index in [1.807, 2.05) is 25.1 Å². The number of nitrogens with one attached hydrogen (secondary N) is 1. The number of hydrogen-bond acceptors (Lipinski definition) is 5. The first-order chi connectivity index (χ1) is 10.1. The number of rotatable bonds is 6. The number of thiazole rings is 1. The van der Waals surface area contributed by atoms with Gasteiger partial charge >= 0.3 is 0 Å². The molecule has 112 valence electrons. The van der Waals surface area contributed by atoms with Crippen LogP contribution in [0.25, 0.3) is 0 Å². The Hall–Kier alpha value is -1.40. The quantitative estimate of drug-likeness (QED) is 0.827. The molecule has 0 radical (unpaired) electrons. The number of aromatic nitrogens is 2. The van der Waals surface area contributed by atoms with Gasteiger partial charge in [-0.2, -0.15) is 0 Å². The van der Waals surface area contributed by atoms with Crippen LogP contribution in [0, 0.1) is 13.8 Å². The van der Waals surface area contributed by atoms with E-state index in [-0.39, 0.29) is 11.9 Å². The van der Waals surface area contributed by atoms with Crippen LogP contribution in [0.3, 0.4) is 0 Å². The highest BCUT2D eigenvalue weighted by Crippen LogP contribution is 2.25. The van der Waals surface area contributed by atoms with Gasteiger partial charge in [-0.05, 0) is 32.4 Å². The molecule has 0 saturated heterocycles. The zero-order valence-corrected chi connectivity index (χ0v) is 14.1. The Morgan fingerprint density at radius 1 is 1.43 bits per heavy atom. The van der Waals surface area contributed by atoms with Crippen LogP contribution < -0.4 is 5.32 Å². The van der Waals surface area contributed by atoms with Crippen molar-refractivity contribution in [1.29, 1.82) is 0 Å². The summed E-state index contributed by atoms with van der Waals surface area (Å²) in [5.74, 6) is 0.389. The fourth-order valence-electron chi connectivity index (χ4n) is 1.79. The summed E-state index contributed by atoms with van der Waals surface area (Å²) < 4.78 is 0. The second-order valence-electron chi connectivity index (χ2n) is 4.68. The lowest BCUT2D eigenvalue weighted by Crippen LogP contribution is -2.29. The maximum Gasteiger partial charge on any atom is 0.230 e. The minimum atomic E-state index is -0.000711. The van der Waals surface area contributed by atoms with Crippen LogP contribution in [-0.2, 0) is 4.79 Å². The third-order valence-corrected chi connectivity index (χ3v) is 5.21. The van der Waals surface area contributed by atoms with Crippen molar-refractivity contribution in [3.05, 3.63) is 40.0 Å². The molecule has 0 aromatic carbocycles. The molecule has 0 aliphatic rings. The molecule has 2 aromatic rings. The predicted molar refractivity (Wildman–Crippen MR) is 87.7 cm³/mol. The summed E-state index contributed by atoms with van der Waals surface area (Å²) in [5, 5.41) is 4.91. The van der Waals surface area contributed by atoms with Gasteiger partial charge in [0.2, 0.25) is 5.91 Å². The predicted octanol–water partition coefficient (Wildman–Crippen LogP) is 3.51. The maximum absolute atomic E-state index is 12.1. The number of aryl methyl sites for hydroxylation is 2. The molecule has 1 amide bonds. The monoisotopic (exact) mass is 321 g/mol. The summed E-state index contributed by atoms with van der Waals surface area (Å²) in [6.07, 6.45) is 2.57. The summed E-state index contributed by atoms with van der Waals surface area (Å²) in [5.41, 5.74) is 1.05. The molecule has 21 heavy (non-hydrogen) atoms. The van der Waals surface area contributed by atoms with Crippen LogP contribution in [0.15, 0.2) is 29.4 Å². The Morgan fingerprint density at radius 3 is 2.81 bits per heavy atom. The van der Waals surface area contributed by atoms with Crippen molar-refractivity contribution in [1.82, 2.24) is 15.3 Å². The van der Waals surface area contributed by atoms with Gasteiger partial charge < -0.3 is 5.32 Å². The molecule has 6 heteroatoms. The molecule has 0 bridgehead atoms. The third-order valence-electron chi connectivity index (χ3n) is 3.08. The Balaban J connectivity index is 1.91. The van der Waals surface area contributed by atoms with Crippen LogP contribution in [-0.4, -0.2) is 21.6 Å². The molecule has 1 atom stereocenters. The standard InChI is InChI=1S/C15H19N3OS2/c1-4-12(15-17-10(2)11(3)21-15)18-13(19)9-20-14-7-5-6-8-16-14/h5-8,12H,4,9H2,1-3H3,(H,18,19). The number of thioether (sulfide) groups is 1. The number of amides is 1. The van der Waals surface area contributed by atoms with E-state index >= 15 is 0 Å². The Labute approximate surface area is 133 Å². The number of pyridine rings is 1. The highest BCUT2D eigenvalue weighted by molar-refractivity contribution is 7.99. The van der Waals surface area contributed by atoms with Crippen LogP contribution in [0.4, 0.5) is 0 Å². The topological polar surface area (TPSA) is 54.9 Å². The van der Waals surface area contributed by atoms with Gasteiger partial charge in [0, 0.05) is 11.1 Å². The van der Waals surface area contributed by atoms with E-state index in [0.29, 0.717) is 5.75 Å². The van der Waals surface area contributed by atoms with Crippen molar-refractivity contribution >= 4 is 29.0 Å². The van der Waals surface area contributed by atoms with Crippen molar-refractivity contribution < 1.29 is 4.79 Å². The van der Waals surface area contributed by atoms with Crippen molar-refractivity contribution in [3.63, 3.8) is 0 Å². The molecule has 2 heterocycles. The molecule has 2 rings (SSSR count). The maximum atomic E-state index is 12.1. The van der Waals surface area contributed by atoms with Crippen molar-refractivity contribution in [3.8, 4) is 0 Å². The molecule has 0 aliphatic heterocycles. The summed E-state index contributed by atoms with van der Waals surface area (Å²) in [7, 11) is 0. The fraction of sp³-hybridized carbons (Fsp3) is 0.400. The molecular weight excluding hydrogens is 302 g/mol. The molecule has 0 saturated carbocycles. The summed E-state index contributed by atoms with van der Waals surface area (Å²) in [4.78, 5) is 22.0. The molecule has 1 unspecified atom stereocenters. The number of hydrogen-bond donors (Lipinski definition) is 1. The lowest BCUT2D eigenvalue weighted by molar-refractivity contribution is -0.119. The van der Waals surface area contributed by atoms with E-state index in [1.165, 1.54) is 16.6 Å². The van der Waals surface area contributed by atoms with E-state index in [0.717, 1.165) is 22.1 Å².